The Hall–Kier alpha value is -1.13. The van der Waals surface area contributed by atoms with E-state index in [0.29, 0.717) is 6.54 Å². The number of nitrogens with one attached hydrogen (secondary N) is 1. The van der Waals surface area contributed by atoms with Gasteiger partial charge in [-0.2, -0.15) is 0 Å². The van der Waals surface area contributed by atoms with Crippen molar-refractivity contribution < 1.29 is 4.39 Å². The van der Waals surface area contributed by atoms with Crippen molar-refractivity contribution in [2.75, 3.05) is 45.7 Å². The average Bonchev–Trinajstić information content (AvgIpc) is 2.42. The van der Waals surface area contributed by atoms with Gasteiger partial charge in [-0.05, 0) is 52.0 Å². The van der Waals surface area contributed by atoms with Crippen LogP contribution in [0.25, 0.3) is 0 Å². The van der Waals surface area contributed by atoms with Crippen LogP contribution in [0.4, 0.5) is 10.1 Å². The second-order valence-electron chi connectivity index (χ2n) is 5.96. The zero-order valence-corrected chi connectivity index (χ0v) is 12.8. The van der Waals surface area contributed by atoms with Crippen LogP contribution in [0.5, 0.6) is 0 Å². The molecular formula is C16H26FN3. The van der Waals surface area contributed by atoms with E-state index in [1.807, 2.05) is 19.2 Å². The van der Waals surface area contributed by atoms with E-state index in [0.717, 1.165) is 36.8 Å². The summed E-state index contributed by atoms with van der Waals surface area (Å²) in [7, 11) is 6.12. The summed E-state index contributed by atoms with van der Waals surface area (Å²) in [6, 6.07) is 5.41. The summed E-state index contributed by atoms with van der Waals surface area (Å²) in [5.41, 5.74) is 1.85. The van der Waals surface area contributed by atoms with Crippen molar-refractivity contribution in [3.63, 3.8) is 0 Å². The second kappa shape index (κ2) is 7.04. The maximum Gasteiger partial charge on any atom is 0.129 e. The quantitative estimate of drug-likeness (QED) is 0.892. The fourth-order valence-corrected chi connectivity index (χ4v) is 3.07. The first kappa shape index (κ1) is 15.3. The lowest BCUT2D eigenvalue weighted by atomic mass is 9.95. The molecule has 0 amide bonds. The lowest BCUT2D eigenvalue weighted by Crippen LogP contribution is -2.37. The van der Waals surface area contributed by atoms with E-state index in [2.05, 4.69) is 29.2 Å². The van der Waals surface area contributed by atoms with Crippen LogP contribution in [0.3, 0.4) is 0 Å². The maximum atomic E-state index is 14.0. The zero-order chi connectivity index (χ0) is 14.5. The Bertz CT molecular complexity index is 426. The standard InChI is InChI=1S/C16H26FN3/c1-18-11-14-15(17)5-4-6-16(14)20-9-7-13(8-10-20)12-19(2)3/h4-6,13,18H,7-12H2,1-3H3. The van der Waals surface area contributed by atoms with Gasteiger partial charge in [0.15, 0.2) is 0 Å². The van der Waals surface area contributed by atoms with Crippen LogP contribution in [0, 0.1) is 11.7 Å². The Morgan fingerprint density at radius 3 is 2.60 bits per heavy atom. The van der Waals surface area contributed by atoms with Crippen LogP contribution in [0.15, 0.2) is 18.2 Å². The van der Waals surface area contributed by atoms with Crippen molar-refractivity contribution in [2.45, 2.75) is 19.4 Å². The van der Waals surface area contributed by atoms with Gasteiger partial charge in [0.1, 0.15) is 5.82 Å². The minimum Gasteiger partial charge on any atom is -0.371 e. The van der Waals surface area contributed by atoms with Gasteiger partial charge >= 0.3 is 0 Å². The minimum atomic E-state index is -0.104. The molecule has 112 valence electrons. The van der Waals surface area contributed by atoms with Gasteiger partial charge in [-0.25, -0.2) is 4.39 Å². The Kier molecular flexibility index (Phi) is 5.38. The first-order valence-electron chi connectivity index (χ1n) is 7.43. The lowest BCUT2D eigenvalue weighted by molar-refractivity contribution is 0.285. The maximum absolute atomic E-state index is 14.0. The highest BCUT2D eigenvalue weighted by Crippen LogP contribution is 2.28. The number of halogens is 1. The molecule has 1 saturated heterocycles. The van der Waals surface area contributed by atoms with Crippen LogP contribution in [-0.2, 0) is 6.54 Å². The highest BCUT2D eigenvalue weighted by Gasteiger charge is 2.22. The van der Waals surface area contributed by atoms with E-state index in [4.69, 9.17) is 0 Å². The topological polar surface area (TPSA) is 18.5 Å². The molecule has 20 heavy (non-hydrogen) atoms. The predicted octanol–water partition coefficient (Wildman–Crippen LogP) is 2.32. The first-order valence-corrected chi connectivity index (χ1v) is 7.43. The van der Waals surface area contributed by atoms with Crippen molar-refractivity contribution in [3.05, 3.63) is 29.6 Å². The SMILES string of the molecule is CNCc1c(F)cccc1N1CCC(CN(C)C)CC1. The molecule has 0 bridgehead atoms. The van der Waals surface area contributed by atoms with E-state index in [1.54, 1.807) is 6.07 Å². The molecule has 1 heterocycles. The molecule has 0 spiro atoms. The molecule has 0 aromatic heterocycles. The van der Waals surface area contributed by atoms with Gasteiger partial charge in [0.25, 0.3) is 0 Å². The molecule has 0 aliphatic carbocycles. The van der Waals surface area contributed by atoms with Crippen molar-refractivity contribution in [1.29, 1.82) is 0 Å². The second-order valence-corrected chi connectivity index (χ2v) is 5.96. The van der Waals surface area contributed by atoms with Gasteiger partial charge in [0, 0.05) is 37.4 Å². The van der Waals surface area contributed by atoms with E-state index >= 15 is 0 Å². The van der Waals surface area contributed by atoms with Crippen LogP contribution in [0.2, 0.25) is 0 Å². The molecule has 1 aliphatic rings. The fourth-order valence-electron chi connectivity index (χ4n) is 3.07. The van der Waals surface area contributed by atoms with Gasteiger partial charge < -0.3 is 15.1 Å². The molecule has 4 heteroatoms. The van der Waals surface area contributed by atoms with Crippen LogP contribution in [0.1, 0.15) is 18.4 Å². The number of nitrogens with zero attached hydrogens (tertiary/aromatic N) is 2. The summed E-state index contributed by atoms with van der Waals surface area (Å²) < 4.78 is 14.0. The summed E-state index contributed by atoms with van der Waals surface area (Å²) in [6.45, 7) is 3.79. The number of benzene rings is 1. The largest absolute Gasteiger partial charge is 0.371 e. The molecule has 1 aromatic rings. The van der Waals surface area contributed by atoms with Crippen LogP contribution >= 0.6 is 0 Å². The molecule has 3 nitrogen and oxygen atoms in total. The van der Waals surface area contributed by atoms with Gasteiger partial charge in [-0.15, -0.1) is 0 Å². The van der Waals surface area contributed by atoms with Crippen LogP contribution < -0.4 is 10.2 Å². The molecule has 1 N–H and O–H groups in total. The number of hydrogen-bond acceptors (Lipinski definition) is 3. The predicted molar refractivity (Wildman–Crippen MR) is 82.7 cm³/mol. The zero-order valence-electron chi connectivity index (χ0n) is 12.8. The summed E-state index contributed by atoms with van der Waals surface area (Å²) in [5.74, 6) is 0.662. The Morgan fingerprint density at radius 1 is 1.30 bits per heavy atom. The molecule has 1 aliphatic heterocycles. The average molecular weight is 279 g/mol. The molecule has 2 rings (SSSR count). The van der Waals surface area contributed by atoms with Crippen molar-refractivity contribution in [3.8, 4) is 0 Å². The van der Waals surface area contributed by atoms with Gasteiger partial charge in [0.2, 0.25) is 0 Å². The minimum absolute atomic E-state index is 0.104. The third-order valence-electron chi connectivity index (χ3n) is 4.03. The molecular weight excluding hydrogens is 253 g/mol. The monoisotopic (exact) mass is 279 g/mol. The molecule has 0 radical (unpaired) electrons. The van der Waals surface area contributed by atoms with Gasteiger partial charge in [0.05, 0.1) is 0 Å². The van der Waals surface area contributed by atoms with Crippen molar-refractivity contribution in [2.24, 2.45) is 5.92 Å². The molecule has 0 saturated carbocycles. The molecule has 1 aromatic carbocycles. The first-order chi connectivity index (χ1) is 9.61. The summed E-state index contributed by atoms with van der Waals surface area (Å²) in [4.78, 5) is 4.59. The number of anilines is 1. The normalized spacial score (nSPS) is 16.9. The van der Waals surface area contributed by atoms with Gasteiger partial charge in [-0.3, -0.25) is 0 Å². The molecule has 0 atom stereocenters. The summed E-state index contributed by atoms with van der Waals surface area (Å²) in [5, 5.41) is 3.07. The smallest absolute Gasteiger partial charge is 0.129 e. The third-order valence-corrected chi connectivity index (χ3v) is 4.03. The Morgan fingerprint density at radius 2 is 2.00 bits per heavy atom. The molecule has 1 fully saturated rings. The van der Waals surface area contributed by atoms with Gasteiger partial charge in [-0.1, -0.05) is 6.07 Å². The lowest BCUT2D eigenvalue weighted by Gasteiger charge is -2.35. The number of hydrogen-bond donors (Lipinski definition) is 1. The third kappa shape index (κ3) is 3.70. The Labute approximate surface area is 121 Å². The highest BCUT2D eigenvalue weighted by atomic mass is 19.1. The Balaban J connectivity index is 2.05. The van der Waals surface area contributed by atoms with Crippen LogP contribution in [-0.4, -0.2) is 45.7 Å². The van der Waals surface area contributed by atoms with E-state index in [9.17, 15) is 4.39 Å². The number of piperidine rings is 1. The number of rotatable bonds is 5. The van der Waals surface area contributed by atoms with E-state index < -0.39 is 0 Å². The van der Waals surface area contributed by atoms with Crippen molar-refractivity contribution >= 4 is 5.69 Å². The van der Waals surface area contributed by atoms with Crippen molar-refractivity contribution in [1.82, 2.24) is 10.2 Å². The highest BCUT2D eigenvalue weighted by molar-refractivity contribution is 5.54. The molecule has 0 unspecified atom stereocenters. The fraction of sp³-hybridized carbons (Fsp3) is 0.625. The van der Waals surface area contributed by atoms with E-state index in [-0.39, 0.29) is 5.82 Å². The summed E-state index contributed by atoms with van der Waals surface area (Å²) in [6.07, 6.45) is 2.38. The van der Waals surface area contributed by atoms with E-state index in [1.165, 1.54) is 12.8 Å². The summed E-state index contributed by atoms with van der Waals surface area (Å²) >= 11 is 0.